The van der Waals surface area contributed by atoms with Crippen LogP contribution in [0.1, 0.15) is 43.5 Å². The first kappa shape index (κ1) is 19.1. The number of benzene rings is 1. The number of carbonyl (C=O) groups excluding carboxylic acids is 2. The van der Waals surface area contributed by atoms with Gasteiger partial charge in [-0.3, -0.25) is 4.79 Å². The Morgan fingerprint density at radius 1 is 1.12 bits per heavy atom. The van der Waals surface area contributed by atoms with Gasteiger partial charge in [0.1, 0.15) is 0 Å². The zero-order chi connectivity index (χ0) is 18.4. The van der Waals surface area contributed by atoms with Crippen LogP contribution >= 0.6 is 0 Å². The van der Waals surface area contributed by atoms with Gasteiger partial charge in [0.05, 0.1) is 19.8 Å². The lowest BCUT2D eigenvalue weighted by molar-refractivity contribution is -0.125. The summed E-state index contributed by atoms with van der Waals surface area (Å²) in [4.78, 5) is 24.2. The van der Waals surface area contributed by atoms with Gasteiger partial charge in [-0.15, -0.1) is 0 Å². The van der Waals surface area contributed by atoms with Crippen LogP contribution in [0.15, 0.2) is 18.2 Å². The summed E-state index contributed by atoms with van der Waals surface area (Å²) in [5.74, 6) is 1.15. The van der Waals surface area contributed by atoms with Crippen molar-refractivity contribution in [2.75, 3.05) is 20.8 Å². The highest BCUT2D eigenvalue weighted by atomic mass is 16.5. The third kappa shape index (κ3) is 4.87. The second-order valence-corrected chi connectivity index (χ2v) is 6.59. The molecular formula is C19H27NO5. The average Bonchev–Trinajstić information content (AvgIpc) is 2.62. The highest BCUT2D eigenvalue weighted by Crippen LogP contribution is 2.29. The number of amides is 1. The molecule has 1 aliphatic rings. The molecule has 0 bridgehead atoms. The van der Waals surface area contributed by atoms with E-state index in [-0.39, 0.29) is 18.6 Å². The Kier molecular flexibility index (Phi) is 6.67. The highest BCUT2D eigenvalue weighted by molar-refractivity contribution is 5.92. The third-order valence-corrected chi connectivity index (χ3v) is 5.01. The SMILES string of the molecule is COc1ccc(C(=O)OCC(=O)NC2CCCC(C)C2C)cc1OC. The summed E-state index contributed by atoms with van der Waals surface area (Å²) in [6, 6.07) is 4.88. The zero-order valence-electron chi connectivity index (χ0n) is 15.3. The molecule has 3 unspecified atom stereocenters. The molecule has 0 aromatic heterocycles. The predicted octanol–water partition coefficient (Wildman–Crippen LogP) is 2.80. The summed E-state index contributed by atoms with van der Waals surface area (Å²) in [6.07, 6.45) is 3.28. The minimum Gasteiger partial charge on any atom is -0.493 e. The van der Waals surface area contributed by atoms with Crippen molar-refractivity contribution in [1.82, 2.24) is 5.32 Å². The lowest BCUT2D eigenvalue weighted by Crippen LogP contribution is -2.45. The van der Waals surface area contributed by atoms with E-state index in [1.165, 1.54) is 26.7 Å². The quantitative estimate of drug-likeness (QED) is 0.800. The van der Waals surface area contributed by atoms with Crippen LogP contribution in [0.25, 0.3) is 0 Å². The molecule has 25 heavy (non-hydrogen) atoms. The number of hydrogen-bond acceptors (Lipinski definition) is 5. The summed E-state index contributed by atoms with van der Waals surface area (Å²) in [5, 5.41) is 2.99. The fourth-order valence-corrected chi connectivity index (χ4v) is 3.21. The van der Waals surface area contributed by atoms with E-state index in [1.54, 1.807) is 12.1 Å². The summed E-state index contributed by atoms with van der Waals surface area (Å²) in [6.45, 7) is 4.08. The number of rotatable bonds is 6. The molecule has 1 fully saturated rings. The van der Waals surface area contributed by atoms with E-state index in [0.717, 1.165) is 12.8 Å². The Bertz CT molecular complexity index is 616. The van der Waals surface area contributed by atoms with Crippen molar-refractivity contribution in [3.05, 3.63) is 23.8 Å². The molecule has 0 aliphatic heterocycles. The first-order valence-corrected chi connectivity index (χ1v) is 8.64. The van der Waals surface area contributed by atoms with Gasteiger partial charge < -0.3 is 19.5 Å². The molecule has 0 spiro atoms. The Balaban J connectivity index is 1.88. The minimum atomic E-state index is -0.568. The van der Waals surface area contributed by atoms with Crippen LogP contribution in [0.2, 0.25) is 0 Å². The summed E-state index contributed by atoms with van der Waals surface area (Å²) < 4.78 is 15.4. The molecule has 1 amide bonds. The van der Waals surface area contributed by atoms with Crippen LogP contribution in [0.5, 0.6) is 11.5 Å². The van der Waals surface area contributed by atoms with E-state index in [2.05, 4.69) is 19.2 Å². The van der Waals surface area contributed by atoms with Gasteiger partial charge in [0.25, 0.3) is 5.91 Å². The molecule has 6 heteroatoms. The monoisotopic (exact) mass is 349 g/mol. The number of ether oxygens (including phenoxy) is 3. The third-order valence-electron chi connectivity index (χ3n) is 5.01. The number of esters is 1. The molecule has 0 radical (unpaired) electrons. The maximum Gasteiger partial charge on any atom is 0.338 e. The molecule has 0 heterocycles. The summed E-state index contributed by atoms with van der Waals surface area (Å²) in [5.41, 5.74) is 0.310. The summed E-state index contributed by atoms with van der Waals surface area (Å²) >= 11 is 0. The zero-order valence-corrected chi connectivity index (χ0v) is 15.3. The van der Waals surface area contributed by atoms with Gasteiger partial charge in [0.15, 0.2) is 18.1 Å². The predicted molar refractivity (Wildman–Crippen MR) is 93.9 cm³/mol. The van der Waals surface area contributed by atoms with Gasteiger partial charge in [-0.25, -0.2) is 4.79 Å². The minimum absolute atomic E-state index is 0.149. The van der Waals surface area contributed by atoms with Crippen LogP contribution in [-0.4, -0.2) is 38.7 Å². The molecule has 1 saturated carbocycles. The fraction of sp³-hybridized carbons (Fsp3) is 0.579. The lowest BCUT2D eigenvalue weighted by atomic mass is 9.78. The van der Waals surface area contributed by atoms with Crippen LogP contribution < -0.4 is 14.8 Å². The van der Waals surface area contributed by atoms with E-state index in [0.29, 0.717) is 28.9 Å². The average molecular weight is 349 g/mol. The van der Waals surface area contributed by atoms with Crippen molar-refractivity contribution in [2.45, 2.75) is 39.2 Å². The van der Waals surface area contributed by atoms with Crippen molar-refractivity contribution in [3.63, 3.8) is 0 Å². The van der Waals surface area contributed by atoms with Crippen LogP contribution in [0.3, 0.4) is 0 Å². The standard InChI is InChI=1S/C19H27NO5/c1-12-6-5-7-15(13(12)2)20-18(21)11-25-19(22)14-8-9-16(23-3)17(10-14)24-4/h8-10,12-13,15H,5-7,11H2,1-4H3,(H,20,21). The van der Waals surface area contributed by atoms with Crippen molar-refractivity contribution in [3.8, 4) is 11.5 Å². The molecule has 3 atom stereocenters. The van der Waals surface area contributed by atoms with Gasteiger partial charge in [0, 0.05) is 6.04 Å². The van der Waals surface area contributed by atoms with Gasteiger partial charge in [-0.2, -0.15) is 0 Å². The van der Waals surface area contributed by atoms with Gasteiger partial charge in [0.2, 0.25) is 0 Å². The van der Waals surface area contributed by atoms with Gasteiger partial charge >= 0.3 is 5.97 Å². The number of carbonyl (C=O) groups is 2. The van der Waals surface area contributed by atoms with Crippen LogP contribution in [0, 0.1) is 11.8 Å². The maximum absolute atomic E-state index is 12.1. The molecule has 1 aromatic carbocycles. The maximum atomic E-state index is 12.1. The van der Waals surface area contributed by atoms with E-state index in [9.17, 15) is 9.59 Å². The second-order valence-electron chi connectivity index (χ2n) is 6.59. The molecule has 6 nitrogen and oxygen atoms in total. The second kappa shape index (κ2) is 8.74. The molecule has 1 aromatic rings. The van der Waals surface area contributed by atoms with Gasteiger partial charge in [-0.1, -0.05) is 26.7 Å². The molecule has 1 N–H and O–H groups in total. The Morgan fingerprint density at radius 3 is 2.52 bits per heavy atom. The topological polar surface area (TPSA) is 73.9 Å². The normalized spacial score (nSPS) is 22.8. The Labute approximate surface area is 148 Å². The van der Waals surface area contributed by atoms with E-state index >= 15 is 0 Å². The molecule has 1 aliphatic carbocycles. The van der Waals surface area contributed by atoms with Crippen molar-refractivity contribution in [1.29, 1.82) is 0 Å². The number of hydrogen-bond donors (Lipinski definition) is 1. The van der Waals surface area contributed by atoms with Gasteiger partial charge in [-0.05, 0) is 36.5 Å². The lowest BCUT2D eigenvalue weighted by Gasteiger charge is -2.34. The van der Waals surface area contributed by atoms with Crippen molar-refractivity contribution in [2.24, 2.45) is 11.8 Å². The highest BCUT2D eigenvalue weighted by Gasteiger charge is 2.28. The fourth-order valence-electron chi connectivity index (χ4n) is 3.21. The van der Waals surface area contributed by atoms with Crippen LogP contribution in [-0.2, 0) is 9.53 Å². The van der Waals surface area contributed by atoms with Crippen molar-refractivity contribution < 1.29 is 23.8 Å². The molecule has 138 valence electrons. The first-order valence-electron chi connectivity index (χ1n) is 8.64. The number of methoxy groups -OCH3 is 2. The first-order chi connectivity index (χ1) is 12.0. The molecule has 2 rings (SSSR count). The van der Waals surface area contributed by atoms with E-state index in [1.807, 2.05) is 0 Å². The van der Waals surface area contributed by atoms with Crippen molar-refractivity contribution >= 4 is 11.9 Å². The van der Waals surface area contributed by atoms with E-state index < -0.39 is 5.97 Å². The Morgan fingerprint density at radius 2 is 1.84 bits per heavy atom. The smallest absolute Gasteiger partial charge is 0.338 e. The van der Waals surface area contributed by atoms with E-state index in [4.69, 9.17) is 14.2 Å². The Hall–Kier alpha value is -2.24. The largest absolute Gasteiger partial charge is 0.493 e. The number of nitrogens with one attached hydrogen (secondary N) is 1. The molecule has 0 saturated heterocycles. The molecular weight excluding hydrogens is 322 g/mol. The van der Waals surface area contributed by atoms with Crippen LogP contribution in [0.4, 0.5) is 0 Å². The summed E-state index contributed by atoms with van der Waals surface area (Å²) in [7, 11) is 3.01.